The Bertz CT molecular complexity index is 500. The Labute approximate surface area is 142 Å². The first-order valence-corrected chi connectivity index (χ1v) is 8.17. The fraction of sp³-hybridized carbons (Fsp3) is 0.647. The van der Waals surface area contributed by atoms with Gasteiger partial charge in [0.1, 0.15) is 11.5 Å². The maximum atomic E-state index is 6.39. The van der Waals surface area contributed by atoms with Crippen molar-refractivity contribution in [3.8, 4) is 11.5 Å². The largest absolute Gasteiger partial charge is 0.467 e. The molecule has 0 bridgehead atoms. The van der Waals surface area contributed by atoms with Crippen molar-refractivity contribution in [2.24, 2.45) is 0 Å². The van der Waals surface area contributed by atoms with E-state index in [0.29, 0.717) is 16.5 Å². The maximum absolute atomic E-state index is 6.39. The summed E-state index contributed by atoms with van der Waals surface area (Å²) in [4.78, 5) is 0. The number of ether oxygens (including phenoxy) is 5. The van der Waals surface area contributed by atoms with Crippen LogP contribution in [0.1, 0.15) is 37.7 Å². The van der Waals surface area contributed by atoms with E-state index in [1.54, 1.807) is 27.4 Å². The molecular formula is C17H25ClO5. The minimum absolute atomic E-state index is 0.123. The minimum atomic E-state index is -0.370. The average molecular weight is 345 g/mol. The summed E-state index contributed by atoms with van der Waals surface area (Å²) in [6, 6.07) is 3.66. The quantitative estimate of drug-likeness (QED) is 0.664. The van der Waals surface area contributed by atoms with Crippen molar-refractivity contribution in [1.82, 2.24) is 0 Å². The normalized spacial score (nSPS) is 17.0. The van der Waals surface area contributed by atoms with Gasteiger partial charge in [0, 0.05) is 33.0 Å². The van der Waals surface area contributed by atoms with E-state index < -0.39 is 0 Å². The molecule has 0 amide bonds. The Balaban J connectivity index is 2.40. The summed E-state index contributed by atoms with van der Waals surface area (Å²) in [5.74, 6) is 1.19. The summed E-state index contributed by atoms with van der Waals surface area (Å²) in [5.41, 5.74) is 0.580. The van der Waals surface area contributed by atoms with Crippen LogP contribution in [0.25, 0.3) is 0 Å². The summed E-state index contributed by atoms with van der Waals surface area (Å²) in [6.07, 6.45) is 5.36. The van der Waals surface area contributed by atoms with Crippen molar-refractivity contribution < 1.29 is 23.7 Å². The highest BCUT2D eigenvalue weighted by Gasteiger charge is 2.37. The first-order valence-electron chi connectivity index (χ1n) is 7.79. The summed E-state index contributed by atoms with van der Waals surface area (Å²) in [5, 5.41) is 0.517. The highest BCUT2D eigenvalue weighted by atomic mass is 35.5. The van der Waals surface area contributed by atoms with E-state index in [-0.39, 0.29) is 19.2 Å². The van der Waals surface area contributed by atoms with E-state index in [1.165, 1.54) is 6.42 Å². The lowest BCUT2D eigenvalue weighted by Crippen LogP contribution is -2.31. The molecule has 6 heteroatoms. The lowest BCUT2D eigenvalue weighted by atomic mass is 9.79. The fourth-order valence-corrected chi connectivity index (χ4v) is 3.29. The molecule has 1 aromatic rings. The van der Waals surface area contributed by atoms with Gasteiger partial charge in [0.25, 0.3) is 0 Å². The predicted octanol–water partition coefficient (Wildman–Crippen LogP) is 4.11. The molecular weight excluding hydrogens is 320 g/mol. The first-order chi connectivity index (χ1) is 11.2. The van der Waals surface area contributed by atoms with Gasteiger partial charge in [-0.3, -0.25) is 0 Å². The molecule has 23 heavy (non-hydrogen) atoms. The first kappa shape index (κ1) is 18.3. The molecule has 2 rings (SSSR count). The van der Waals surface area contributed by atoms with Crippen LogP contribution in [0.2, 0.25) is 5.02 Å². The average Bonchev–Trinajstić information content (AvgIpc) is 2.59. The van der Waals surface area contributed by atoms with Gasteiger partial charge in [0.05, 0.1) is 10.6 Å². The van der Waals surface area contributed by atoms with Crippen molar-refractivity contribution in [1.29, 1.82) is 0 Å². The second-order valence-electron chi connectivity index (χ2n) is 5.64. The lowest BCUT2D eigenvalue weighted by Gasteiger charge is -2.37. The molecule has 0 aromatic heterocycles. The summed E-state index contributed by atoms with van der Waals surface area (Å²) < 4.78 is 27.2. The van der Waals surface area contributed by atoms with Gasteiger partial charge in [0.2, 0.25) is 0 Å². The Kier molecular flexibility index (Phi) is 6.96. The zero-order chi connectivity index (χ0) is 16.7. The van der Waals surface area contributed by atoms with Crippen LogP contribution in [0.4, 0.5) is 0 Å². The molecule has 5 nitrogen and oxygen atoms in total. The number of hydrogen-bond acceptors (Lipinski definition) is 5. The Morgan fingerprint density at radius 1 is 0.913 bits per heavy atom. The number of hydrogen-bond donors (Lipinski definition) is 0. The van der Waals surface area contributed by atoms with E-state index in [0.717, 1.165) is 31.2 Å². The van der Waals surface area contributed by atoms with E-state index in [4.69, 9.17) is 35.3 Å². The molecule has 0 aliphatic heterocycles. The van der Waals surface area contributed by atoms with Gasteiger partial charge in [-0.25, -0.2) is 0 Å². The Morgan fingerprint density at radius 3 is 2.09 bits per heavy atom. The third-order valence-corrected chi connectivity index (χ3v) is 4.54. The Hall–Kier alpha value is -1.01. The molecule has 0 radical (unpaired) electrons. The van der Waals surface area contributed by atoms with E-state index in [2.05, 4.69) is 0 Å². The molecule has 0 unspecified atom stereocenters. The van der Waals surface area contributed by atoms with Crippen LogP contribution in [0.3, 0.4) is 0 Å². The molecule has 1 aromatic carbocycles. The zero-order valence-corrected chi connectivity index (χ0v) is 14.8. The van der Waals surface area contributed by atoms with Gasteiger partial charge in [0.15, 0.2) is 13.6 Å². The molecule has 0 spiro atoms. The number of methoxy groups -OCH3 is 3. The molecule has 0 saturated heterocycles. The van der Waals surface area contributed by atoms with Crippen LogP contribution in [-0.2, 0) is 19.8 Å². The van der Waals surface area contributed by atoms with E-state index >= 15 is 0 Å². The van der Waals surface area contributed by atoms with Gasteiger partial charge < -0.3 is 23.7 Å². The summed E-state index contributed by atoms with van der Waals surface area (Å²) >= 11 is 6.39. The molecule has 0 atom stereocenters. The van der Waals surface area contributed by atoms with Gasteiger partial charge in [-0.2, -0.15) is 0 Å². The van der Waals surface area contributed by atoms with Crippen molar-refractivity contribution in [2.75, 3.05) is 34.9 Å². The van der Waals surface area contributed by atoms with Crippen LogP contribution >= 0.6 is 11.6 Å². The molecule has 1 fully saturated rings. The zero-order valence-electron chi connectivity index (χ0n) is 14.0. The molecule has 130 valence electrons. The lowest BCUT2D eigenvalue weighted by molar-refractivity contribution is -0.0483. The van der Waals surface area contributed by atoms with Crippen LogP contribution in [0, 0.1) is 0 Å². The fourth-order valence-electron chi connectivity index (χ4n) is 3.07. The third kappa shape index (κ3) is 4.29. The summed E-state index contributed by atoms with van der Waals surface area (Å²) in [7, 11) is 4.89. The van der Waals surface area contributed by atoms with Crippen LogP contribution < -0.4 is 9.47 Å². The van der Waals surface area contributed by atoms with Gasteiger partial charge in [-0.15, -0.1) is 0 Å². The van der Waals surface area contributed by atoms with Crippen molar-refractivity contribution >= 4 is 11.6 Å². The number of rotatable bonds is 8. The second-order valence-corrected chi connectivity index (χ2v) is 6.05. The third-order valence-electron chi connectivity index (χ3n) is 4.24. The van der Waals surface area contributed by atoms with Gasteiger partial charge in [-0.1, -0.05) is 30.9 Å². The number of benzene rings is 1. The molecule has 0 heterocycles. The topological polar surface area (TPSA) is 46.2 Å². The van der Waals surface area contributed by atoms with E-state index in [9.17, 15) is 0 Å². The van der Waals surface area contributed by atoms with Crippen LogP contribution in [0.5, 0.6) is 11.5 Å². The highest BCUT2D eigenvalue weighted by Crippen LogP contribution is 2.46. The van der Waals surface area contributed by atoms with E-state index in [1.807, 2.05) is 6.07 Å². The number of halogens is 1. The van der Waals surface area contributed by atoms with Crippen molar-refractivity contribution in [3.63, 3.8) is 0 Å². The molecule has 1 aliphatic carbocycles. The smallest absolute Gasteiger partial charge is 0.188 e. The highest BCUT2D eigenvalue weighted by molar-refractivity contribution is 6.32. The minimum Gasteiger partial charge on any atom is -0.467 e. The van der Waals surface area contributed by atoms with Crippen LogP contribution in [-0.4, -0.2) is 34.9 Å². The van der Waals surface area contributed by atoms with Gasteiger partial charge >= 0.3 is 0 Å². The molecule has 0 N–H and O–H groups in total. The van der Waals surface area contributed by atoms with Crippen molar-refractivity contribution in [3.05, 3.63) is 22.7 Å². The van der Waals surface area contributed by atoms with Gasteiger partial charge in [-0.05, 0) is 18.9 Å². The molecule has 1 saturated carbocycles. The predicted molar refractivity (Wildman–Crippen MR) is 88.2 cm³/mol. The van der Waals surface area contributed by atoms with Crippen molar-refractivity contribution in [2.45, 2.75) is 37.7 Å². The Morgan fingerprint density at radius 2 is 1.52 bits per heavy atom. The second kappa shape index (κ2) is 8.73. The SMILES string of the molecule is COCOc1cc(OCOC)c(C2(OC)CCCCC2)cc1Cl. The summed E-state index contributed by atoms with van der Waals surface area (Å²) in [6.45, 7) is 0.274. The van der Waals surface area contributed by atoms with Crippen LogP contribution in [0.15, 0.2) is 12.1 Å². The molecule has 1 aliphatic rings. The standard InChI is InChI=1S/C17H25ClO5/c1-19-11-22-15-10-16(23-12-20-2)14(18)9-13(15)17(21-3)7-5-4-6-8-17/h9-10H,4-8,11-12H2,1-3H3. The monoisotopic (exact) mass is 344 g/mol. The maximum Gasteiger partial charge on any atom is 0.188 e.